The molecule has 2 aromatic carbocycles. The fourth-order valence-corrected chi connectivity index (χ4v) is 2.57. The molecule has 1 heterocycles. The molecule has 3 heteroatoms. The van der Waals surface area contributed by atoms with Gasteiger partial charge in [-0.05, 0) is 36.0 Å². The molecule has 0 aliphatic heterocycles. The summed E-state index contributed by atoms with van der Waals surface area (Å²) in [6.07, 6.45) is 3.96. The van der Waals surface area contributed by atoms with Crippen molar-refractivity contribution >= 4 is 0 Å². The van der Waals surface area contributed by atoms with Crippen LogP contribution in [0.4, 0.5) is 0 Å². The summed E-state index contributed by atoms with van der Waals surface area (Å²) in [5.74, 6) is 1.35. The Morgan fingerprint density at radius 1 is 0.739 bits per heavy atom. The first-order chi connectivity index (χ1) is 11.3. The Bertz CT molecular complexity index is 742. The van der Waals surface area contributed by atoms with Crippen molar-refractivity contribution in [1.82, 2.24) is 10.1 Å². The zero-order valence-corrected chi connectivity index (χ0v) is 13.7. The maximum atomic E-state index is 5.16. The number of nitrogens with zero attached hydrogens (tertiary/aromatic N) is 2. The first-order valence-corrected chi connectivity index (χ1v) is 8.28. The van der Waals surface area contributed by atoms with Crippen molar-refractivity contribution in [2.24, 2.45) is 0 Å². The van der Waals surface area contributed by atoms with Crippen LogP contribution < -0.4 is 0 Å². The number of rotatable bonds is 6. The number of aryl methyl sites for hydroxylation is 4. The van der Waals surface area contributed by atoms with Gasteiger partial charge in [0.15, 0.2) is 0 Å². The predicted octanol–water partition coefficient (Wildman–Crippen LogP) is 4.65. The molecule has 0 aliphatic rings. The molecule has 0 amide bonds. The van der Waals surface area contributed by atoms with Crippen molar-refractivity contribution in [3.05, 3.63) is 71.1 Å². The largest absolute Gasteiger partial charge is 0.339 e. The van der Waals surface area contributed by atoms with Gasteiger partial charge in [0.25, 0.3) is 0 Å². The molecule has 3 nitrogen and oxygen atoms in total. The molecule has 0 saturated carbocycles. The molecule has 0 saturated heterocycles. The molecule has 0 aliphatic carbocycles. The number of hydrogen-bond acceptors (Lipinski definition) is 3. The minimum atomic E-state index is 0.670. The molecule has 3 aromatic rings. The van der Waals surface area contributed by atoms with Gasteiger partial charge in [0.1, 0.15) is 0 Å². The fourth-order valence-electron chi connectivity index (χ4n) is 2.57. The van der Waals surface area contributed by atoms with Crippen molar-refractivity contribution in [3.63, 3.8) is 0 Å². The van der Waals surface area contributed by atoms with Crippen LogP contribution in [0, 0.1) is 0 Å². The van der Waals surface area contributed by atoms with E-state index in [1.165, 1.54) is 16.7 Å². The molecule has 0 fully saturated rings. The summed E-state index contributed by atoms with van der Waals surface area (Å²) in [5, 5.41) is 4.01. The SMILES string of the molecule is CCc1ccc(CCc2ccc(-c3noc(CC)n3)cc2)cc1. The molecule has 0 bridgehead atoms. The van der Waals surface area contributed by atoms with Crippen molar-refractivity contribution in [3.8, 4) is 11.4 Å². The Kier molecular flexibility index (Phi) is 4.86. The molecular formula is C20H22N2O. The van der Waals surface area contributed by atoms with Crippen LogP contribution in [-0.2, 0) is 25.7 Å². The van der Waals surface area contributed by atoms with Gasteiger partial charge in [0, 0.05) is 12.0 Å². The van der Waals surface area contributed by atoms with Crippen molar-refractivity contribution in [2.45, 2.75) is 39.5 Å². The number of hydrogen-bond donors (Lipinski definition) is 0. The van der Waals surface area contributed by atoms with Gasteiger partial charge in [-0.3, -0.25) is 0 Å². The highest BCUT2D eigenvalue weighted by molar-refractivity contribution is 5.54. The lowest BCUT2D eigenvalue weighted by atomic mass is 10.0. The number of benzene rings is 2. The van der Waals surface area contributed by atoms with Gasteiger partial charge in [-0.25, -0.2) is 0 Å². The third-order valence-corrected chi connectivity index (χ3v) is 4.12. The van der Waals surface area contributed by atoms with E-state index in [-0.39, 0.29) is 0 Å². The predicted molar refractivity (Wildman–Crippen MR) is 92.3 cm³/mol. The fraction of sp³-hybridized carbons (Fsp3) is 0.300. The standard InChI is InChI=1S/C20H22N2O/c1-3-15-5-7-16(8-6-15)9-10-17-11-13-18(14-12-17)20-21-19(4-2)23-22-20/h5-8,11-14H,3-4,9-10H2,1-2H3. The van der Waals surface area contributed by atoms with E-state index in [0.29, 0.717) is 11.7 Å². The molecule has 0 N–H and O–H groups in total. The maximum Gasteiger partial charge on any atom is 0.226 e. The lowest BCUT2D eigenvalue weighted by molar-refractivity contribution is 0.383. The van der Waals surface area contributed by atoms with Gasteiger partial charge in [0.05, 0.1) is 0 Å². The Labute approximate surface area is 137 Å². The van der Waals surface area contributed by atoms with Gasteiger partial charge in [0.2, 0.25) is 11.7 Å². The monoisotopic (exact) mass is 306 g/mol. The highest BCUT2D eigenvalue weighted by atomic mass is 16.5. The molecule has 23 heavy (non-hydrogen) atoms. The molecule has 0 unspecified atom stereocenters. The van der Waals surface area contributed by atoms with E-state index in [2.05, 4.69) is 65.6 Å². The Morgan fingerprint density at radius 3 is 1.83 bits per heavy atom. The van der Waals surface area contributed by atoms with Crippen LogP contribution in [0.3, 0.4) is 0 Å². The van der Waals surface area contributed by atoms with Gasteiger partial charge < -0.3 is 4.52 Å². The zero-order chi connectivity index (χ0) is 16.1. The normalized spacial score (nSPS) is 10.9. The van der Waals surface area contributed by atoms with Crippen molar-refractivity contribution < 1.29 is 4.52 Å². The average molecular weight is 306 g/mol. The van der Waals surface area contributed by atoms with E-state index in [0.717, 1.165) is 31.2 Å². The quantitative estimate of drug-likeness (QED) is 0.665. The van der Waals surface area contributed by atoms with Gasteiger partial charge in [-0.2, -0.15) is 4.98 Å². The van der Waals surface area contributed by atoms with Crippen LogP contribution in [0.25, 0.3) is 11.4 Å². The molecule has 118 valence electrons. The Hall–Kier alpha value is -2.42. The second-order valence-electron chi connectivity index (χ2n) is 5.73. The van der Waals surface area contributed by atoms with E-state index in [1.807, 2.05) is 6.92 Å². The van der Waals surface area contributed by atoms with Crippen LogP contribution in [0.1, 0.15) is 36.4 Å². The van der Waals surface area contributed by atoms with Crippen LogP contribution >= 0.6 is 0 Å². The second kappa shape index (κ2) is 7.23. The third-order valence-electron chi connectivity index (χ3n) is 4.12. The average Bonchev–Trinajstić information content (AvgIpc) is 3.10. The lowest BCUT2D eigenvalue weighted by Crippen LogP contribution is -1.92. The van der Waals surface area contributed by atoms with Crippen LogP contribution in [-0.4, -0.2) is 10.1 Å². The van der Waals surface area contributed by atoms with E-state index in [9.17, 15) is 0 Å². The van der Waals surface area contributed by atoms with Crippen molar-refractivity contribution in [2.75, 3.05) is 0 Å². The van der Waals surface area contributed by atoms with Gasteiger partial charge in [-0.1, -0.05) is 67.5 Å². The third kappa shape index (κ3) is 3.86. The summed E-state index contributed by atoms with van der Waals surface area (Å²) < 4.78 is 5.16. The number of aromatic nitrogens is 2. The van der Waals surface area contributed by atoms with E-state index < -0.39 is 0 Å². The van der Waals surface area contributed by atoms with E-state index >= 15 is 0 Å². The summed E-state index contributed by atoms with van der Waals surface area (Å²) in [4.78, 5) is 4.36. The first-order valence-electron chi connectivity index (χ1n) is 8.28. The molecule has 3 rings (SSSR count). The summed E-state index contributed by atoms with van der Waals surface area (Å²) in [7, 11) is 0. The van der Waals surface area contributed by atoms with Gasteiger partial charge >= 0.3 is 0 Å². The first kappa shape index (κ1) is 15.5. The molecule has 0 spiro atoms. The molecule has 0 atom stereocenters. The van der Waals surface area contributed by atoms with Crippen LogP contribution in [0.15, 0.2) is 53.1 Å². The van der Waals surface area contributed by atoms with Crippen molar-refractivity contribution in [1.29, 1.82) is 0 Å². The summed E-state index contributed by atoms with van der Waals surface area (Å²) in [5.41, 5.74) is 5.11. The maximum absolute atomic E-state index is 5.16. The summed E-state index contributed by atoms with van der Waals surface area (Å²) in [6, 6.07) is 17.4. The zero-order valence-electron chi connectivity index (χ0n) is 13.7. The molecular weight excluding hydrogens is 284 g/mol. The summed E-state index contributed by atoms with van der Waals surface area (Å²) >= 11 is 0. The smallest absolute Gasteiger partial charge is 0.226 e. The van der Waals surface area contributed by atoms with E-state index in [4.69, 9.17) is 4.52 Å². The van der Waals surface area contributed by atoms with Crippen LogP contribution in [0.5, 0.6) is 0 Å². The molecule has 1 aromatic heterocycles. The Balaban J connectivity index is 1.62. The Morgan fingerprint density at radius 2 is 1.30 bits per heavy atom. The lowest BCUT2D eigenvalue weighted by Gasteiger charge is -2.04. The summed E-state index contributed by atoms with van der Waals surface area (Å²) in [6.45, 7) is 4.19. The van der Waals surface area contributed by atoms with Crippen LogP contribution in [0.2, 0.25) is 0 Å². The highest BCUT2D eigenvalue weighted by Crippen LogP contribution is 2.18. The topological polar surface area (TPSA) is 38.9 Å². The van der Waals surface area contributed by atoms with Gasteiger partial charge in [-0.15, -0.1) is 0 Å². The highest BCUT2D eigenvalue weighted by Gasteiger charge is 2.07. The molecule has 0 radical (unpaired) electrons. The minimum absolute atomic E-state index is 0.670. The van der Waals surface area contributed by atoms with E-state index in [1.54, 1.807) is 0 Å². The minimum Gasteiger partial charge on any atom is -0.339 e. The second-order valence-corrected chi connectivity index (χ2v) is 5.73.